The van der Waals surface area contributed by atoms with Gasteiger partial charge in [-0.15, -0.1) is 0 Å². The van der Waals surface area contributed by atoms with Crippen molar-refractivity contribution < 1.29 is 9.59 Å². The summed E-state index contributed by atoms with van der Waals surface area (Å²) in [7, 11) is 3.40. The number of carbonyl (C=O) groups excluding carboxylic acids is 2. The fraction of sp³-hybridized carbons (Fsp3) is 0.375. The van der Waals surface area contributed by atoms with Crippen LogP contribution in [0.15, 0.2) is 34.4 Å². The van der Waals surface area contributed by atoms with Crippen molar-refractivity contribution >= 4 is 35.7 Å². The lowest BCUT2D eigenvalue weighted by Crippen LogP contribution is -2.64. The number of aliphatic imine (C=N–C) groups is 1. The summed E-state index contributed by atoms with van der Waals surface area (Å²) in [5.74, 6) is 0.187. The average molecular weight is 363 g/mol. The summed E-state index contributed by atoms with van der Waals surface area (Å²) in [5, 5.41) is 4.80. The topological polar surface area (TPSA) is 80.6 Å². The van der Waals surface area contributed by atoms with Gasteiger partial charge in [-0.25, -0.2) is 15.2 Å². The second-order valence-electron chi connectivity index (χ2n) is 5.82. The number of halogens is 1. The molecule has 2 atom stereocenters. The molecule has 1 aromatic carbocycles. The Labute approximate surface area is 150 Å². The number of hydrazone groups is 1. The van der Waals surface area contributed by atoms with Crippen LogP contribution in [0.25, 0.3) is 0 Å². The van der Waals surface area contributed by atoms with Gasteiger partial charge < -0.3 is 9.80 Å². The molecule has 25 heavy (non-hydrogen) atoms. The molecule has 1 aromatic rings. The Morgan fingerprint density at radius 1 is 1.24 bits per heavy atom. The lowest BCUT2D eigenvalue weighted by Gasteiger charge is -2.39. The van der Waals surface area contributed by atoms with Gasteiger partial charge >= 0.3 is 6.03 Å². The molecule has 2 aliphatic heterocycles. The van der Waals surface area contributed by atoms with Crippen molar-refractivity contribution in [3.8, 4) is 0 Å². The third-order valence-electron chi connectivity index (χ3n) is 4.30. The van der Waals surface area contributed by atoms with Crippen molar-refractivity contribution in [2.24, 2.45) is 10.1 Å². The first-order valence-corrected chi connectivity index (χ1v) is 8.25. The number of carbonyl (C=O) groups is 2. The van der Waals surface area contributed by atoms with Gasteiger partial charge in [0.2, 0.25) is 5.96 Å². The van der Waals surface area contributed by atoms with E-state index in [9.17, 15) is 9.59 Å². The van der Waals surface area contributed by atoms with Crippen LogP contribution in [0.3, 0.4) is 0 Å². The summed E-state index contributed by atoms with van der Waals surface area (Å²) in [4.78, 5) is 33.6. The van der Waals surface area contributed by atoms with Gasteiger partial charge in [-0.2, -0.15) is 5.10 Å². The lowest BCUT2D eigenvalue weighted by atomic mass is 10.1. The molecule has 0 spiro atoms. The SMILES string of the molecule is CCN1C(=O)C2C(N=C(N/N=C/c3ccc(Cl)cc3)N2C)N(C)C1=O. The molecule has 0 aliphatic carbocycles. The van der Waals surface area contributed by atoms with Crippen molar-refractivity contribution in [1.29, 1.82) is 0 Å². The molecule has 132 valence electrons. The van der Waals surface area contributed by atoms with Gasteiger partial charge in [0.05, 0.1) is 6.21 Å². The van der Waals surface area contributed by atoms with Gasteiger partial charge in [0.15, 0.2) is 12.2 Å². The van der Waals surface area contributed by atoms with Gasteiger partial charge in [0, 0.05) is 25.7 Å². The summed E-state index contributed by atoms with van der Waals surface area (Å²) in [6, 6.07) is 6.34. The molecule has 0 radical (unpaired) electrons. The number of benzene rings is 1. The second-order valence-corrected chi connectivity index (χ2v) is 6.26. The number of hydrogen-bond donors (Lipinski definition) is 1. The fourth-order valence-corrected chi connectivity index (χ4v) is 3.01. The van der Waals surface area contributed by atoms with Crippen molar-refractivity contribution in [2.45, 2.75) is 19.1 Å². The Kier molecular flexibility index (Phi) is 4.63. The predicted octanol–water partition coefficient (Wildman–Crippen LogP) is 1.17. The number of rotatable bonds is 3. The Bertz CT molecular complexity index is 747. The van der Waals surface area contributed by atoms with Crippen LogP contribution in [0.5, 0.6) is 0 Å². The van der Waals surface area contributed by atoms with Gasteiger partial charge in [-0.05, 0) is 24.6 Å². The molecule has 3 rings (SSSR count). The van der Waals surface area contributed by atoms with E-state index >= 15 is 0 Å². The maximum absolute atomic E-state index is 12.6. The van der Waals surface area contributed by atoms with Gasteiger partial charge in [-0.1, -0.05) is 23.7 Å². The van der Waals surface area contributed by atoms with E-state index < -0.39 is 12.2 Å². The van der Waals surface area contributed by atoms with E-state index in [0.29, 0.717) is 17.5 Å². The summed E-state index contributed by atoms with van der Waals surface area (Å²) in [5.41, 5.74) is 3.71. The number of amides is 3. The average Bonchev–Trinajstić information content (AvgIpc) is 2.92. The zero-order valence-electron chi connectivity index (χ0n) is 14.2. The molecule has 2 heterocycles. The summed E-state index contributed by atoms with van der Waals surface area (Å²) < 4.78 is 0. The fourth-order valence-electron chi connectivity index (χ4n) is 2.88. The highest BCUT2D eigenvalue weighted by atomic mass is 35.5. The Morgan fingerprint density at radius 2 is 1.92 bits per heavy atom. The maximum Gasteiger partial charge on any atom is 0.328 e. The normalized spacial score (nSPS) is 23.4. The number of urea groups is 1. The quantitative estimate of drug-likeness (QED) is 0.646. The van der Waals surface area contributed by atoms with Gasteiger partial charge in [0.25, 0.3) is 5.91 Å². The molecule has 0 saturated carbocycles. The van der Waals surface area contributed by atoms with E-state index in [4.69, 9.17) is 11.6 Å². The molecular formula is C16H19ClN6O2. The molecule has 9 heteroatoms. The van der Waals surface area contributed by atoms with Crippen molar-refractivity contribution in [3.63, 3.8) is 0 Å². The van der Waals surface area contributed by atoms with Crippen LogP contribution in [0.2, 0.25) is 5.02 Å². The molecule has 0 aromatic heterocycles. The van der Waals surface area contributed by atoms with E-state index in [1.807, 2.05) is 12.1 Å². The van der Waals surface area contributed by atoms with E-state index in [1.54, 1.807) is 44.3 Å². The summed E-state index contributed by atoms with van der Waals surface area (Å²) in [6.07, 6.45) is 1.07. The third-order valence-corrected chi connectivity index (χ3v) is 4.55. The summed E-state index contributed by atoms with van der Waals surface area (Å²) >= 11 is 5.85. The number of fused-ring (bicyclic) bond motifs is 1. The molecule has 3 amide bonds. The molecule has 1 fully saturated rings. The highest BCUT2D eigenvalue weighted by molar-refractivity contribution is 6.30. The highest BCUT2D eigenvalue weighted by Gasteiger charge is 2.50. The van der Waals surface area contributed by atoms with Crippen LogP contribution < -0.4 is 5.43 Å². The molecular weight excluding hydrogens is 344 g/mol. The minimum Gasteiger partial charge on any atom is -0.329 e. The highest BCUT2D eigenvalue weighted by Crippen LogP contribution is 2.25. The molecule has 0 bridgehead atoms. The van der Waals surface area contributed by atoms with Crippen LogP contribution in [-0.4, -0.2) is 71.7 Å². The Balaban J connectivity index is 1.75. The van der Waals surface area contributed by atoms with E-state index in [2.05, 4.69) is 15.5 Å². The standard InChI is InChI=1S/C16H19ClN6O2/c1-4-23-14(24)12-13(22(3)16(23)25)19-15(21(12)2)20-18-9-10-5-7-11(17)8-6-10/h5-9,12-13H,4H2,1-3H3,(H,19,20)/b18-9+. The van der Waals surface area contributed by atoms with E-state index in [0.717, 1.165) is 5.56 Å². The molecule has 2 aliphatic rings. The van der Waals surface area contributed by atoms with Crippen molar-refractivity contribution in [3.05, 3.63) is 34.9 Å². The number of nitrogens with one attached hydrogen (secondary N) is 1. The predicted molar refractivity (Wildman–Crippen MR) is 95.5 cm³/mol. The molecule has 1 N–H and O–H groups in total. The van der Waals surface area contributed by atoms with E-state index in [-0.39, 0.29) is 11.9 Å². The number of hydrogen-bond acceptors (Lipinski definition) is 6. The minimum absolute atomic E-state index is 0.250. The minimum atomic E-state index is -0.555. The maximum atomic E-state index is 12.6. The van der Waals surface area contributed by atoms with Crippen molar-refractivity contribution in [2.75, 3.05) is 20.6 Å². The van der Waals surface area contributed by atoms with Crippen LogP contribution in [0.1, 0.15) is 12.5 Å². The van der Waals surface area contributed by atoms with Crippen LogP contribution in [0.4, 0.5) is 4.79 Å². The largest absolute Gasteiger partial charge is 0.329 e. The number of imide groups is 1. The first-order valence-electron chi connectivity index (χ1n) is 7.87. The molecule has 2 unspecified atom stereocenters. The smallest absolute Gasteiger partial charge is 0.328 e. The zero-order chi connectivity index (χ0) is 18.1. The Hall–Kier alpha value is -2.61. The summed E-state index contributed by atoms with van der Waals surface area (Å²) in [6.45, 7) is 2.10. The molecule has 8 nitrogen and oxygen atoms in total. The van der Waals surface area contributed by atoms with Gasteiger partial charge in [-0.3, -0.25) is 9.69 Å². The lowest BCUT2D eigenvalue weighted by molar-refractivity contribution is -0.136. The van der Waals surface area contributed by atoms with Crippen molar-refractivity contribution in [1.82, 2.24) is 20.1 Å². The zero-order valence-corrected chi connectivity index (χ0v) is 14.9. The number of guanidine groups is 1. The van der Waals surface area contributed by atoms with Crippen LogP contribution in [-0.2, 0) is 4.79 Å². The monoisotopic (exact) mass is 362 g/mol. The molecule has 1 saturated heterocycles. The second kappa shape index (κ2) is 6.72. The van der Waals surface area contributed by atoms with E-state index in [1.165, 1.54) is 9.80 Å². The first-order chi connectivity index (χ1) is 11.9. The Morgan fingerprint density at radius 3 is 2.56 bits per heavy atom. The van der Waals surface area contributed by atoms with Gasteiger partial charge in [0.1, 0.15) is 0 Å². The number of likely N-dealkylation sites (N-methyl/N-ethyl adjacent to an activating group) is 3. The third kappa shape index (κ3) is 3.05. The van der Waals surface area contributed by atoms with Crippen LogP contribution >= 0.6 is 11.6 Å². The first kappa shape index (κ1) is 17.2. The number of nitrogens with zero attached hydrogens (tertiary/aromatic N) is 5. The van der Waals surface area contributed by atoms with Crippen LogP contribution in [0, 0.1) is 0 Å².